The first kappa shape index (κ1) is 19.2. The Kier molecular flexibility index (Phi) is 7.80. The summed E-state index contributed by atoms with van der Waals surface area (Å²) in [5, 5.41) is 9.50. The molecule has 21 heavy (non-hydrogen) atoms. The van der Waals surface area contributed by atoms with Crippen LogP contribution >= 0.6 is 0 Å². The fourth-order valence-electron chi connectivity index (χ4n) is 1.86. The summed E-state index contributed by atoms with van der Waals surface area (Å²) in [7, 11) is 0. The van der Waals surface area contributed by atoms with Crippen LogP contribution < -0.4 is 0 Å². The van der Waals surface area contributed by atoms with Gasteiger partial charge in [0, 0.05) is 0 Å². The van der Waals surface area contributed by atoms with Crippen LogP contribution in [0.3, 0.4) is 0 Å². The van der Waals surface area contributed by atoms with Crippen molar-refractivity contribution in [1.29, 1.82) is 0 Å². The predicted octanol–water partition coefficient (Wildman–Crippen LogP) is 0.276. The highest BCUT2D eigenvalue weighted by molar-refractivity contribution is 6.05. The number of ketones is 2. The van der Waals surface area contributed by atoms with Gasteiger partial charge >= 0.3 is 11.9 Å². The minimum absolute atomic E-state index is 0.0119. The molecule has 7 nitrogen and oxygen atoms in total. The second-order valence-electron chi connectivity index (χ2n) is 4.64. The van der Waals surface area contributed by atoms with Crippen molar-refractivity contribution in [3.05, 3.63) is 0 Å². The van der Waals surface area contributed by atoms with E-state index in [1.54, 1.807) is 13.8 Å². The number of hydrogen-bond acceptors (Lipinski definition) is 7. The summed E-state index contributed by atoms with van der Waals surface area (Å²) >= 11 is 0. The number of aliphatic hydroxyl groups excluding tert-OH is 1. The van der Waals surface area contributed by atoms with E-state index in [1.165, 1.54) is 0 Å². The molecule has 120 valence electrons. The number of carbonyl (C=O) groups is 4. The summed E-state index contributed by atoms with van der Waals surface area (Å²) in [5.74, 6) is -4.29. The summed E-state index contributed by atoms with van der Waals surface area (Å²) in [6, 6.07) is 0. The molecule has 0 unspecified atom stereocenters. The van der Waals surface area contributed by atoms with Crippen molar-refractivity contribution in [3.8, 4) is 0 Å². The van der Waals surface area contributed by atoms with E-state index in [0.29, 0.717) is 0 Å². The van der Waals surface area contributed by atoms with Crippen molar-refractivity contribution in [2.45, 2.75) is 34.1 Å². The molecular weight excluding hydrogens is 280 g/mol. The summed E-state index contributed by atoms with van der Waals surface area (Å²) in [6.45, 7) is 4.62. The van der Waals surface area contributed by atoms with Crippen molar-refractivity contribution < 1.29 is 33.8 Å². The minimum Gasteiger partial charge on any atom is -0.465 e. The second kappa shape index (κ2) is 8.51. The molecule has 2 atom stereocenters. The first-order valence-corrected chi connectivity index (χ1v) is 6.73. The van der Waals surface area contributed by atoms with E-state index in [0.717, 1.165) is 13.8 Å². The van der Waals surface area contributed by atoms with Gasteiger partial charge in [-0.05, 0) is 34.1 Å². The molecule has 0 saturated heterocycles. The molecule has 0 bridgehead atoms. The van der Waals surface area contributed by atoms with E-state index in [1.807, 2.05) is 0 Å². The summed E-state index contributed by atoms with van der Waals surface area (Å²) in [6.07, 6.45) is -0.466. The molecule has 0 aliphatic carbocycles. The Bertz CT molecular complexity index is 414. The number of rotatable bonds is 9. The van der Waals surface area contributed by atoms with Crippen molar-refractivity contribution in [1.82, 2.24) is 0 Å². The van der Waals surface area contributed by atoms with E-state index in [-0.39, 0.29) is 13.2 Å². The molecule has 0 radical (unpaired) electrons. The predicted molar refractivity (Wildman–Crippen MR) is 72.3 cm³/mol. The highest BCUT2D eigenvalue weighted by atomic mass is 16.5. The van der Waals surface area contributed by atoms with Gasteiger partial charge in [0.2, 0.25) is 0 Å². The van der Waals surface area contributed by atoms with Gasteiger partial charge in [-0.1, -0.05) is 0 Å². The minimum atomic E-state index is -1.93. The summed E-state index contributed by atoms with van der Waals surface area (Å²) < 4.78 is 9.57. The van der Waals surface area contributed by atoms with Gasteiger partial charge in [0.25, 0.3) is 0 Å². The molecule has 0 saturated carbocycles. The molecule has 0 aromatic rings. The van der Waals surface area contributed by atoms with Gasteiger partial charge in [-0.3, -0.25) is 19.2 Å². The van der Waals surface area contributed by atoms with Crippen LogP contribution in [-0.4, -0.2) is 48.4 Å². The maximum Gasteiger partial charge on any atom is 0.322 e. The van der Waals surface area contributed by atoms with E-state index in [4.69, 9.17) is 9.47 Å². The monoisotopic (exact) mass is 302 g/mol. The zero-order chi connectivity index (χ0) is 16.6. The van der Waals surface area contributed by atoms with Gasteiger partial charge in [-0.15, -0.1) is 0 Å². The number of esters is 2. The van der Waals surface area contributed by atoms with Gasteiger partial charge in [-0.2, -0.15) is 0 Å². The first-order valence-electron chi connectivity index (χ1n) is 6.73. The Morgan fingerprint density at radius 3 is 1.90 bits per heavy atom. The number of hydrogen-bond donors (Lipinski definition) is 1. The molecular formula is C14H22O7. The lowest BCUT2D eigenvalue weighted by atomic mass is 9.75. The SMILES string of the molecule is CCOC(=O)[C@H](C[C@@](CO)(C(C)=O)C(=O)OCC)C(C)=O. The maximum atomic E-state index is 12.0. The van der Waals surface area contributed by atoms with Crippen LogP contribution in [0.1, 0.15) is 34.1 Å². The third kappa shape index (κ3) is 4.63. The maximum absolute atomic E-state index is 12.0. The average Bonchev–Trinajstić information content (AvgIpc) is 2.39. The zero-order valence-corrected chi connectivity index (χ0v) is 12.8. The molecule has 0 aliphatic rings. The largest absolute Gasteiger partial charge is 0.465 e. The lowest BCUT2D eigenvalue weighted by Crippen LogP contribution is -2.46. The third-order valence-corrected chi connectivity index (χ3v) is 3.22. The topological polar surface area (TPSA) is 107 Å². The highest BCUT2D eigenvalue weighted by Crippen LogP contribution is 2.30. The van der Waals surface area contributed by atoms with Gasteiger partial charge in [0.15, 0.2) is 0 Å². The second-order valence-corrected chi connectivity index (χ2v) is 4.64. The smallest absolute Gasteiger partial charge is 0.322 e. The Balaban J connectivity index is 5.53. The van der Waals surface area contributed by atoms with Crippen LogP contribution in [0.15, 0.2) is 0 Å². The normalized spacial score (nSPS) is 14.7. The van der Waals surface area contributed by atoms with Crippen molar-refractivity contribution in [2.24, 2.45) is 11.3 Å². The molecule has 7 heteroatoms. The molecule has 0 amide bonds. The Morgan fingerprint density at radius 2 is 1.57 bits per heavy atom. The zero-order valence-electron chi connectivity index (χ0n) is 12.8. The molecule has 0 aliphatic heterocycles. The van der Waals surface area contributed by atoms with E-state index in [9.17, 15) is 24.3 Å². The van der Waals surface area contributed by atoms with Crippen LogP contribution in [0.2, 0.25) is 0 Å². The van der Waals surface area contributed by atoms with Crippen molar-refractivity contribution in [2.75, 3.05) is 19.8 Å². The number of carbonyl (C=O) groups excluding carboxylic acids is 4. The number of aliphatic hydroxyl groups is 1. The Hall–Kier alpha value is -1.76. The van der Waals surface area contributed by atoms with Crippen LogP contribution in [0.25, 0.3) is 0 Å². The van der Waals surface area contributed by atoms with Crippen LogP contribution in [-0.2, 0) is 28.7 Å². The molecule has 0 fully saturated rings. The van der Waals surface area contributed by atoms with Gasteiger partial charge in [0.1, 0.15) is 22.9 Å². The van der Waals surface area contributed by atoms with Gasteiger partial charge in [0.05, 0.1) is 19.8 Å². The highest BCUT2D eigenvalue weighted by Gasteiger charge is 2.48. The quantitative estimate of drug-likeness (QED) is 0.481. The van der Waals surface area contributed by atoms with E-state index in [2.05, 4.69) is 0 Å². The molecule has 0 aromatic heterocycles. The average molecular weight is 302 g/mol. The summed E-state index contributed by atoms with van der Waals surface area (Å²) in [4.78, 5) is 47.2. The fraction of sp³-hybridized carbons (Fsp3) is 0.714. The van der Waals surface area contributed by atoms with Gasteiger partial charge in [-0.25, -0.2) is 0 Å². The first-order chi connectivity index (χ1) is 9.76. The van der Waals surface area contributed by atoms with E-state index < -0.39 is 47.9 Å². The molecule has 1 N–H and O–H groups in total. The Labute approximate surface area is 123 Å². The van der Waals surface area contributed by atoms with Crippen molar-refractivity contribution >= 4 is 23.5 Å². The van der Waals surface area contributed by atoms with Crippen LogP contribution in [0.5, 0.6) is 0 Å². The number of ether oxygens (including phenoxy) is 2. The molecule has 0 spiro atoms. The molecule has 0 heterocycles. The molecule has 0 rings (SSSR count). The third-order valence-electron chi connectivity index (χ3n) is 3.22. The van der Waals surface area contributed by atoms with Crippen LogP contribution in [0, 0.1) is 11.3 Å². The molecule has 0 aromatic carbocycles. The summed E-state index contributed by atoms with van der Waals surface area (Å²) in [5.41, 5.74) is -1.93. The lowest BCUT2D eigenvalue weighted by Gasteiger charge is -2.29. The standard InChI is InChI=1S/C14H22O7/c1-5-20-12(18)11(9(3)16)7-14(8-15,10(4)17)13(19)21-6-2/h11,15H,5-8H2,1-4H3/t11-,14-/m1/s1. The Morgan fingerprint density at radius 1 is 1.05 bits per heavy atom. The van der Waals surface area contributed by atoms with E-state index >= 15 is 0 Å². The number of Topliss-reactive ketones (excluding diaryl/α,β-unsaturated/α-hetero) is 2. The van der Waals surface area contributed by atoms with Gasteiger partial charge < -0.3 is 14.6 Å². The van der Waals surface area contributed by atoms with Crippen molar-refractivity contribution in [3.63, 3.8) is 0 Å². The lowest BCUT2D eigenvalue weighted by molar-refractivity contribution is -0.166. The fourth-order valence-corrected chi connectivity index (χ4v) is 1.86. The van der Waals surface area contributed by atoms with Crippen LogP contribution in [0.4, 0.5) is 0 Å².